The van der Waals surface area contributed by atoms with Gasteiger partial charge in [0.1, 0.15) is 11.9 Å². The average molecular weight is 246 g/mol. The van der Waals surface area contributed by atoms with Gasteiger partial charge in [-0.2, -0.15) is 13.2 Å². The van der Waals surface area contributed by atoms with Crippen LogP contribution >= 0.6 is 0 Å². The molecule has 0 saturated carbocycles. The third kappa shape index (κ3) is 4.34. The van der Waals surface area contributed by atoms with Crippen LogP contribution in [-0.4, -0.2) is 11.9 Å². The van der Waals surface area contributed by atoms with E-state index in [1.54, 1.807) is 6.92 Å². The average Bonchev–Trinajstić information content (AvgIpc) is 2.15. The molecule has 0 aliphatic heterocycles. The summed E-state index contributed by atoms with van der Waals surface area (Å²) in [5, 5.41) is 7.05. The third-order valence-corrected chi connectivity index (χ3v) is 2.01. The van der Waals surface area contributed by atoms with E-state index < -0.39 is 17.8 Å². The van der Waals surface area contributed by atoms with E-state index in [2.05, 4.69) is 0 Å². The fraction of sp³-hybridized carbons (Fsp3) is 0.364. The highest BCUT2D eigenvalue weighted by atomic mass is 19.4. The molecule has 17 heavy (non-hydrogen) atoms. The first kappa shape index (κ1) is 13.3. The lowest BCUT2D eigenvalue weighted by Crippen LogP contribution is -2.21. The van der Waals surface area contributed by atoms with Crippen LogP contribution in [0, 0.1) is 5.41 Å². The Morgan fingerprint density at radius 1 is 1.47 bits per heavy atom. The van der Waals surface area contributed by atoms with Crippen molar-refractivity contribution in [1.29, 1.82) is 5.41 Å². The molecule has 0 aliphatic rings. The number of ether oxygens (including phenoxy) is 1. The first-order valence-corrected chi connectivity index (χ1v) is 4.96. The Hall–Kier alpha value is -1.72. The summed E-state index contributed by atoms with van der Waals surface area (Å²) in [6.45, 7) is 1.64. The highest BCUT2D eigenvalue weighted by Crippen LogP contribution is 2.31. The summed E-state index contributed by atoms with van der Waals surface area (Å²) in [5.41, 5.74) is 4.41. The van der Waals surface area contributed by atoms with Gasteiger partial charge in [0.25, 0.3) is 0 Å². The first-order valence-electron chi connectivity index (χ1n) is 4.96. The molecule has 6 heteroatoms. The molecular weight excluding hydrogens is 233 g/mol. The van der Waals surface area contributed by atoms with Crippen LogP contribution < -0.4 is 10.5 Å². The fourth-order valence-electron chi connectivity index (χ4n) is 1.33. The van der Waals surface area contributed by atoms with Gasteiger partial charge in [0, 0.05) is 6.42 Å². The van der Waals surface area contributed by atoms with E-state index in [1.807, 2.05) is 0 Å². The topological polar surface area (TPSA) is 59.1 Å². The van der Waals surface area contributed by atoms with Crippen LogP contribution in [0.3, 0.4) is 0 Å². The number of benzene rings is 1. The maximum atomic E-state index is 12.4. The minimum Gasteiger partial charge on any atom is -0.490 e. The Bertz CT molecular complexity index is 404. The fourth-order valence-corrected chi connectivity index (χ4v) is 1.33. The first-order chi connectivity index (χ1) is 7.79. The second kappa shape index (κ2) is 5.07. The maximum absolute atomic E-state index is 12.4. The highest BCUT2D eigenvalue weighted by Gasteiger charge is 2.30. The predicted octanol–water partition coefficient (Wildman–Crippen LogP) is 2.80. The molecule has 0 fully saturated rings. The van der Waals surface area contributed by atoms with Crippen molar-refractivity contribution in [3.8, 4) is 5.75 Å². The van der Waals surface area contributed by atoms with Gasteiger partial charge >= 0.3 is 6.18 Å². The second-order valence-corrected chi connectivity index (χ2v) is 3.68. The van der Waals surface area contributed by atoms with Crippen molar-refractivity contribution in [2.24, 2.45) is 5.73 Å². The van der Waals surface area contributed by atoms with Gasteiger partial charge in [-0.1, -0.05) is 6.07 Å². The molecule has 3 N–H and O–H groups in total. The van der Waals surface area contributed by atoms with E-state index in [0.29, 0.717) is 0 Å². The van der Waals surface area contributed by atoms with E-state index >= 15 is 0 Å². The molecule has 1 aromatic rings. The van der Waals surface area contributed by atoms with Crippen molar-refractivity contribution >= 4 is 5.84 Å². The predicted molar refractivity (Wildman–Crippen MR) is 58.1 cm³/mol. The minimum atomic E-state index is -4.39. The molecule has 0 heterocycles. The van der Waals surface area contributed by atoms with Crippen LogP contribution in [0.1, 0.15) is 18.9 Å². The Morgan fingerprint density at radius 3 is 2.65 bits per heavy atom. The van der Waals surface area contributed by atoms with Gasteiger partial charge in [-0.15, -0.1) is 0 Å². The van der Waals surface area contributed by atoms with Gasteiger partial charge in [-0.25, -0.2) is 0 Å². The van der Waals surface area contributed by atoms with E-state index in [1.165, 1.54) is 12.1 Å². The van der Waals surface area contributed by atoms with Crippen molar-refractivity contribution < 1.29 is 17.9 Å². The summed E-state index contributed by atoms with van der Waals surface area (Å²) in [6, 6.07) is 4.61. The van der Waals surface area contributed by atoms with Crippen molar-refractivity contribution in [2.45, 2.75) is 25.6 Å². The minimum absolute atomic E-state index is 0.0653. The zero-order valence-electron chi connectivity index (χ0n) is 9.21. The van der Waals surface area contributed by atoms with Crippen LogP contribution in [-0.2, 0) is 6.18 Å². The summed E-state index contributed by atoms with van der Waals surface area (Å²) < 4.78 is 42.5. The number of nitrogens with one attached hydrogen (secondary N) is 1. The molecule has 3 nitrogen and oxygen atoms in total. The molecule has 0 spiro atoms. The molecule has 94 valence electrons. The SMILES string of the molecule is CC(CC(=N)N)Oc1cccc(C(F)(F)F)c1. The van der Waals surface area contributed by atoms with Crippen LogP contribution in [0.25, 0.3) is 0 Å². The maximum Gasteiger partial charge on any atom is 0.416 e. The second-order valence-electron chi connectivity index (χ2n) is 3.68. The van der Waals surface area contributed by atoms with Crippen molar-refractivity contribution in [1.82, 2.24) is 0 Å². The molecule has 1 aromatic carbocycles. The van der Waals surface area contributed by atoms with Gasteiger partial charge in [-0.3, -0.25) is 5.41 Å². The van der Waals surface area contributed by atoms with Crippen LogP contribution in [0.15, 0.2) is 24.3 Å². The standard InChI is InChI=1S/C11H13F3N2O/c1-7(5-10(15)16)17-9-4-2-3-8(6-9)11(12,13)14/h2-4,6-7H,5H2,1H3,(H3,15,16). The lowest BCUT2D eigenvalue weighted by molar-refractivity contribution is -0.137. The molecule has 1 unspecified atom stereocenters. The van der Waals surface area contributed by atoms with Crippen molar-refractivity contribution in [3.05, 3.63) is 29.8 Å². The van der Waals surface area contributed by atoms with Crippen molar-refractivity contribution in [2.75, 3.05) is 0 Å². The van der Waals surface area contributed by atoms with Gasteiger partial charge in [0.2, 0.25) is 0 Å². The summed E-state index contributed by atoms with van der Waals surface area (Å²) in [4.78, 5) is 0. The van der Waals surface area contributed by atoms with Crippen LogP contribution in [0.2, 0.25) is 0 Å². The summed E-state index contributed by atoms with van der Waals surface area (Å²) in [7, 11) is 0. The number of halogens is 3. The Labute approximate surface area is 96.9 Å². The molecule has 0 amide bonds. The van der Waals surface area contributed by atoms with E-state index in [0.717, 1.165) is 12.1 Å². The molecule has 0 radical (unpaired) electrons. The number of nitrogens with two attached hydrogens (primary N) is 1. The number of amidine groups is 1. The lowest BCUT2D eigenvalue weighted by Gasteiger charge is -2.15. The zero-order valence-corrected chi connectivity index (χ0v) is 9.21. The Kier molecular flexibility index (Phi) is 3.98. The lowest BCUT2D eigenvalue weighted by atomic mass is 10.2. The quantitative estimate of drug-likeness (QED) is 0.634. The van der Waals surface area contributed by atoms with Gasteiger partial charge < -0.3 is 10.5 Å². The van der Waals surface area contributed by atoms with Gasteiger partial charge in [0.05, 0.1) is 11.4 Å². The zero-order chi connectivity index (χ0) is 13.1. The molecule has 0 bridgehead atoms. The number of hydrogen-bond donors (Lipinski definition) is 2. The number of rotatable bonds is 4. The molecule has 1 atom stereocenters. The molecule has 0 aromatic heterocycles. The molecule has 0 saturated heterocycles. The Morgan fingerprint density at radius 2 is 2.12 bits per heavy atom. The van der Waals surface area contributed by atoms with Crippen LogP contribution in [0.5, 0.6) is 5.75 Å². The Balaban J connectivity index is 2.76. The largest absolute Gasteiger partial charge is 0.490 e. The summed E-state index contributed by atoms with van der Waals surface area (Å²) in [5.74, 6) is 0.0538. The molecule has 1 rings (SSSR count). The molecular formula is C11H13F3N2O. The third-order valence-electron chi connectivity index (χ3n) is 2.01. The smallest absolute Gasteiger partial charge is 0.416 e. The van der Waals surface area contributed by atoms with E-state index in [9.17, 15) is 13.2 Å². The monoisotopic (exact) mass is 246 g/mol. The summed E-state index contributed by atoms with van der Waals surface area (Å²) >= 11 is 0. The van der Waals surface area contributed by atoms with Crippen LogP contribution in [0.4, 0.5) is 13.2 Å². The van der Waals surface area contributed by atoms with Gasteiger partial charge in [0.15, 0.2) is 0 Å². The van der Waals surface area contributed by atoms with Crippen molar-refractivity contribution in [3.63, 3.8) is 0 Å². The number of alkyl halides is 3. The van der Waals surface area contributed by atoms with E-state index in [-0.39, 0.29) is 18.0 Å². The summed E-state index contributed by atoms with van der Waals surface area (Å²) in [6.07, 6.45) is -4.64. The molecule has 0 aliphatic carbocycles. The van der Waals surface area contributed by atoms with E-state index in [4.69, 9.17) is 15.9 Å². The normalized spacial score (nSPS) is 13.2. The van der Waals surface area contributed by atoms with Gasteiger partial charge in [-0.05, 0) is 25.1 Å². The highest BCUT2D eigenvalue weighted by molar-refractivity contribution is 5.77. The number of hydrogen-bond acceptors (Lipinski definition) is 2.